The predicted octanol–water partition coefficient (Wildman–Crippen LogP) is 4.17. The molecule has 2 atom stereocenters. The van der Waals surface area contributed by atoms with E-state index in [9.17, 15) is 4.79 Å². The number of carbonyl (C=O) groups is 1. The largest absolute Gasteiger partial charge is 0.352 e. The molecule has 2 fully saturated rings. The summed E-state index contributed by atoms with van der Waals surface area (Å²) < 4.78 is 0. The predicted molar refractivity (Wildman–Crippen MR) is 78.9 cm³/mol. The molecule has 0 aromatic carbocycles. The van der Waals surface area contributed by atoms with Gasteiger partial charge in [-0.15, -0.1) is 0 Å². The Balaban J connectivity index is 1.68. The standard InChI is InChI=1S/C15H26BrNO/c16-13-8-2-1-3-9-14(13)17-15(18)11-10-12-6-4-5-7-12/h12-14H,1-11H2,(H,17,18). The average Bonchev–Trinajstić information content (AvgIpc) is 2.80. The third-order valence-electron chi connectivity index (χ3n) is 4.53. The highest BCUT2D eigenvalue weighted by molar-refractivity contribution is 9.09. The van der Waals surface area contributed by atoms with Gasteiger partial charge >= 0.3 is 0 Å². The molecule has 0 radical (unpaired) electrons. The van der Waals surface area contributed by atoms with Gasteiger partial charge in [-0.3, -0.25) is 4.79 Å². The normalized spacial score (nSPS) is 30.1. The fourth-order valence-corrected chi connectivity index (χ4v) is 4.06. The van der Waals surface area contributed by atoms with E-state index in [4.69, 9.17) is 0 Å². The second kappa shape index (κ2) is 7.52. The molecule has 0 bridgehead atoms. The zero-order valence-electron chi connectivity index (χ0n) is 11.3. The second-order valence-electron chi connectivity index (χ2n) is 6.02. The molecule has 0 aliphatic heterocycles. The van der Waals surface area contributed by atoms with Crippen molar-refractivity contribution in [2.24, 2.45) is 5.92 Å². The van der Waals surface area contributed by atoms with Crippen molar-refractivity contribution < 1.29 is 4.79 Å². The van der Waals surface area contributed by atoms with Crippen molar-refractivity contribution in [1.29, 1.82) is 0 Å². The van der Waals surface area contributed by atoms with Crippen LogP contribution in [0.15, 0.2) is 0 Å². The van der Waals surface area contributed by atoms with Crippen molar-refractivity contribution in [1.82, 2.24) is 5.32 Å². The molecule has 1 amide bonds. The van der Waals surface area contributed by atoms with Gasteiger partial charge < -0.3 is 5.32 Å². The molecule has 3 heteroatoms. The highest BCUT2D eigenvalue weighted by Crippen LogP contribution is 2.28. The van der Waals surface area contributed by atoms with Gasteiger partial charge in [-0.1, -0.05) is 60.9 Å². The SMILES string of the molecule is O=C(CCC1CCCC1)NC1CCCCCC1Br. The Morgan fingerprint density at radius 3 is 2.44 bits per heavy atom. The summed E-state index contributed by atoms with van der Waals surface area (Å²) in [6.45, 7) is 0. The van der Waals surface area contributed by atoms with E-state index in [0.29, 0.717) is 10.9 Å². The first-order valence-corrected chi connectivity index (χ1v) is 8.60. The van der Waals surface area contributed by atoms with Crippen molar-refractivity contribution >= 4 is 21.8 Å². The average molecular weight is 316 g/mol. The molecule has 0 spiro atoms. The smallest absolute Gasteiger partial charge is 0.220 e. The van der Waals surface area contributed by atoms with Gasteiger partial charge in [0.2, 0.25) is 5.91 Å². The summed E-state index contributed by atoms with van der Waals surface area (Å²) in [5.74, 6) is 1.10. The first-order chi connectivity index (χ1) is 8.75. The Morgan fingerprint density at radius 2 is 1.67 bits per heavy atom. The Labute approximate surface area is 119 Å². The molecule has 2 unspecified atom stereocenters. The maximum Gasteiger partial charge on any atom is 0.220 e. The molecule has 0 aromatic heterocycles. The zero-order chi connectivity index (χ0) is 12.8. The molecule has 0 aromatic rings. The first-order valence-electron chi connectivity index (χ1n) is 7.69. The quantitative estimate of drug-likeness (QED) is 0.612. The fraction of sp³-hybridized carbons (Fsp3) is 0.933. The third kappa shape index (κ3) is 4.56. The van der Waals surface area contributed by atoms with Crippen LogP contribution in [0, 0.1) is 5.92 Å². The third-order valence-corrected chi connectivity index (χ3v) is 5.63. The van der Waals surface area contributed by atoms with Crippen LogP contribution < -0.4 is 5.32 Å². The molecule has 2 aliphatic rings. The molecule has 2 rings (SSSR count). The lowest BCUT2D eigenvalue weighted by molar-refractivity contribution is -0.122. The van der Waals surface area contributed by atoms with Gasteiger partial charge in [0.05, 0.1) is 0 Å². The molecule has 0 saturated heterocycles. The van der Waals surface area contributed by atoms with Gasteiger partial charge in [-0.25, -0.2) is 0 Å². The van der Waals surface area contributed by atoms with Crippen LogP contribution in [-0.4, -0.2) is 16.8 Å². The van der Waals surface area contributed by atoms with Crippen LogP contribution in [-0.2, 0) is 4.79 Å². The van der Waals surface area contributed by atoms with Crippen LogP contribution in [0.1, 0.15) is 70.6 Å². The summed E-state index contributed by atoms with van der Waals surface area (Å²) in [7, 11) is 0. The molecule has 2 nitrogen and oxygen atoms in total. The summed E-state index contributed by atoms with van der Waals surface area (Å²) in [5, 5.41) is 3.25. The van der Waals surface area contributed by atoms with Crippen LogP contribution in [0.2, 0.25) is 0 Å². The molecular weight excluding hydrogens is 290 g/mol. The van der Waals surface area contributed by atoms with Crippen LogP contribution in [0.3, 0.4) is 0 Å². The minimum Gasteiger partial charge on any atom is -0.352 e. The highest BCUT2D eigenvalue weighted by Gasteiger charge is 2.23. The molecular formula is C15H26BrNO. The molecule has 1 N–H and O–H groups in total. The fourth-order valence-electron chi connectivity index (χ4n) is 3.34. The van der Waals surface area contributed by atoms with Crippen molar-refractivity contribution in [3.8, 4) is 0 Å². The van der Waals surface area contributed by atoms with Crippen molar-refractivity contribution in [2.75, 3.05) is 0 Å². The van der Waals surface area contributed by atoms with Gasteiger partial charge in [0.25, 0.3) is 0 Å². The number of hydrogen-bond donors (Lipinski definition) is 1. The Bertz CT molecular complexity index is 263. The number of amides is 1. The lowest BCUT2D eigenvalue weighted by atomic mass is 10.0. The Kier molecular flexibility index (Phi) is 6.00. The molecule has 0 heterocycles. The molecule has 2 saturated carbocycles. The van der Waals surface area contributed by atoms with E-state index >= 15 is 0 Å². The monoisotopic (exact) mass is 315 g/mol. The lowest BCUT2D eigenvalue weighted by Gasteiger charge is -2.21. The summed E-state index contributed by atoms with van der Waals surface area (Å²) in [4.78, 5) is 12.5. The Morgan fingerprint density at radius 1 is 1.00 bits per heavy atom. The Hall–Kier alpha value is -0.0500. The first kappa shape index (κ1) is 14.4. The lowest BCUT2D eigenvalue weighted by Crippen LogP contribution is -2.40. The van der Waals surface area contributed by atoms with Crippen LogP contribution >= 0.6 is 15.9 Å². The number of carbonyl (C=O) groups excluding carboxylic acids is 1. The van der Waals surface area contributed by atoms with Gasteiger partial charge in [-0.2, -0.15) is 0 Å². The summed E-state index contributed by atoms with van der Waals surface area (Å²) in [6, 6.07) is 0.364. The molecule has 2 aliphatic carbocycles. The second-order valence-corrected chi connectivity index (χ2v) is 7.19. The zero-order valence-corrected chi connectivity index (χ0v) is 12.9. The number of alkyl halides is 1. The van der Waals surface area contributed by atoms with E-state index in [1.54, 1.807) is 0 Å². The van der Waals surface area contributed by atoms with Gasteiger partial charge in [-0.05, 0) is 25.2 Å². The van der Waals surface area contributed by atoms with Crippen molar-refractivity contribution in [3.05, 3.63) is 0 Å². The van der Waals surface area contributed by atoms with Gasteiger partial charge in [0, 0.05) is 17.3 Å². The van der Waals surface area contributed by atoms with E-state index in [0.717, 1.165) is 25.2 Å². The number of nitrogens with one attached hydrogen (secondary N) is 1. The van der Waals surface area contributed by atoms with E-state index in [2.05, 4.69) is 21.2 Å². The minimum atomic E-state index is 0.276. The number of hydrogen-bond acceptors (Lipinski definition) is 1. The molecule has 18 heavy (non-hydrogen) atoms. The van der Waals surface area contributed by atoms with Crippen LogP contribution in [0.5, 0.6) is 0 Å². The van der Waals surface area contributed by atoms with E-state index < -0.39 is 0 Å². The maximum absolute atomic E-state index is 12.0. The topological polar surface area (TPSA) is 29.1 Å². The van der Waals surface area contributed by atoms with Gasteiger partial charge in [0.1, 0.15) is 0 Å². The molecule has 104 valence electrons. The van der Waals surface area contributed by atoms with Crippen LogP contribution in [0.4, 0.5) is 0 Å². The van der Waals surface area contributed by atoms with Gasteiger partial charge in [0.15, 0.2) is 0 Å². The highest BCUT2D eigenvalue weighted by atomic mass is 79.9. The van der Waals surface area contributed by atoms with Crippen molar-refractivity contribution in [2.45, 2.75) is 81.5 Å². The van der Waals surface area contributed by atoms with Crippen LogP contribution in [0.25, 0.3) is 0 Å². The summed E-state index contributed by atoms with van der Waals surface area (Å²) >= 11 is 3.74. The summed E-state index contributed by atoms with van der Waals surface area (Å²) in [5.41, 5.74) is 0. The number of rotatable bonds is 4. The number of halogens is 1. The maximum atomic E-state index is 12.0. The van der Waals surface area contributed by atoms with E-state index in [1.807, 2.05) is 0 Å². The minimum absolute atomic E-state index is 0.276. The van der Waals surface area contributed by atoms with E-state index in [-0.39, 0.29) is 5.91 Å². The van der Waals surface area contributed by atoms with E-state index in [1.165, 1.54) is 51.4 Å². The summed E-state index contributed by atoms with van der Waals surface area (Å²) in [6.07, 6.45) is 13.5. The van der Waals surface area contributed by atoms with Crippen molar-refractivity contribution in [3.63, 3.8) is 0 Å².